The smallest absolute Gasteiger partial charge is 0.407 e. The van der Waals surface area contributed by atoms with E-state index < -0.39 is 6.09 Å². The second-order valence-electron chi connectivity index (χ2n) is 5.59. The van der Waals surface area contributed by atoms with E-state index in [2.05, 4.69) is 10.3 Å². The lowest BCUT2D eigenvalue weighted by atomic mass is 10.1. The Bertz CT molecular complexity index is 738. The molecule has 4 N–H and O–H groups in total. The van der Waals surface area contributed by atoms with Crippen LogP contribution in [0.15, 0.2) is 16.9 Å². The summed E-state index contributed by atoms with van der Waals surface area (Å²) in [7, 11) is 0. The Balaban J connectivity index is 2.07. The molecule has 0 saturated heterocycles. The van der Waals surface area contributed by atoms with Gasteiger partial charge in [-0.1, -0.05) is 31.3 Å². The van der Waals surface area contributed by atoms with Crippen LogP contribution in [0.3, 0.4) is 0 Å². The van der Waals surface area contributed by atoms with Gasteiger partial charge < -0.3 is 25.4 Å². The highest BCUT2D eigenvalue weighted by atomic mass is 32.1. The van der Waals surface area contributed by atoms with Gasteiger partial charge in [-0.2, -0.15) is 0 Å². The molecule has 0 aliphatic carbocycles. The van der Waals surface area contributed by atoms with Crippen LogP contribution in [0.5, 0.6) is 5.75 Å². The summed E-state index contributed by atoms with van der Waals surface area (Å²) in [5.74, 6) is 0.0262. The molecule has 1 aromatic carbocycles. The Kier molecular flexibility index (Phi) is 5.62. The number of phenolic OH excluding ortho intramolecular Hbond substituents is 1. The third-order valence-electron chi connectivity index (χ3n) is 3.49. The molecule has 0 aliphatic rings. The molecule has 0 bridgehead atoms. The maximum absolute atomic E-state index is 11.5. The van der Waals surface area contributed by atoms with E-state index in [-0.39, 0.29) is 10.6 Å². The molecule has 1 aromatic heterocycles. The third-order valence-corrected chi connectivity index (χ3v) is 4.45. The number of aromatic amines is 1. The summed E-state index contributed by atoms with van der Waals surface area (Å²) in [6.45, 7) is 5.34. The molecule has 0 saturated carbocycles. The van der Waals surface area contributed by atoms with Crippen molar-refractivity contribution in [2.75, 3.05) is 19.6 Å². The van der Waals surface area contributed by atoms with Gasteiger partial charge in [-0.05, 0) is 18.1 Å². The molecule has 7 nitrogen and oxygen atoms in total. The SMILES string of the molecule is CC(C)NCCN(CCc1ccc(O)c2[nH]c(=O)sc12)C(=O)O. The van der Waals surface area contributed by atoms with Crippen LogP contribution >= 0.6 is 11.3 Å². The van der Waals surface area contributed by atoms with Gasteiger partial charge in [-0.25, -0.2) is 4.79 Å². The van der Waals surface area contributed by atoms with Crippen LogP contribution in [0.1, 0.15) is 19.4 Å². The number of rotatable bonds is 7. The molecule has 2 aromatic rings. The molecule has 8 heteroatoms. The van der Waals surface area contributed by atoms with Gasteiger partial charge in [0.15, 0.2) is 0 Å². The predicted molar refractivity (Wildman–Crippen MR) is 90.6 cm³/mol. The van der Waals surface area contributed by atoms with Gasteiger partial charge >= 0.3 is 11.0 Å². The number of amides is 1. The van der Waals surface area contributed by atoms with Gasteiger partial charge in [-0.15, -0.1) is 0 Å². The highest BCUT2D eigenvalue weighted by Crippen LogP contribution is 2.28. The van der Waals surface area contributed by atoms with Crippen molar-refractivity contribution in [1.82, 2.24) is 15.2 Å². The molecular weight excluding hydrogens is 318 g/mol. The second-order valence-corrected chi connectivity index (χ2v) is 6.57. The van der Waals surface area contributed by atoms with Gasteiger partial charge in [0.1, 0.15) is 11.3 Å². The predicted octanol–water partition coefficient (Wildman–Crippen LogP) is 1.82. The fraction of sp³-hybridized carbons (Fsp3) is 0.467. The van der Waals surface area contributed by atoms with Crippen LogP contribution in [0.2, 0.25) is 0 Å². The summed E-state index contributed by atoms with van der Waals surface area (Å²) in [4.78, 5) is 26.5. The second kappa shape index (κ2) is 7.47. The van der Waals surface area contributed by atoms with Crippen LogP contribution in [-0.2, 0) is 6.42 Å². The van der Waals surface area contributed by atoms with Crippen molar-refractivity contribution in [2.45, 2.75) is 26.3 Å². The number of phenols is 1. The normalized spacial score (nSPS) is 11.3. The van der Waals surface area contributed by atoms with Gasteiger partial charge in [-0.3, -0.25) is 4.79 Å². The van der Waals surface area contributed by atoms with Crippen molar-refractivity contribution in [3.63, 3.8) is 0 Å². The molecule has 0 fully saturated rings. The number of aromatic nitrogens is 1. The first-order valence-electron chi connectivity index (χ1n) is 7.43. The molecule has 1 heterocycles. The quantitative estimate of drug-likeness (QED) is 0.616. The number of benzene rings is 1. The summed E-state index contributed by atoms with van der Waals surface area (Å²) in [6, 6.07) is 3.55. The topological polar surface area (TPSA) is 106 Å². The average molecular weight is 339 g/mol. The van der Waals surface area contributed by atoms with Crippen LogP contribution in [0.4, 0.5) is 4.79 Å². The number of aromatic hydroxyl groups is 1. The summed E-state index contributed by atoms with van der Waals surface area (Å²) in [5, 5.41) is 22.2. The number of thiazole rings is 1. The zero-order valence-corrected chi connectivity index (χ0v) is 13.9. The van der Waals surface area contributed by atoms with E-state index in [1.54, 1.807) is 6.07 Å². The number of nitrogens with one attached hydrogen (secondary N) is 2. The number of hydrogen-bond donors (Lipinski definition) is 4. The van der Waals surface area contributed by atoms with Crippen LogP contribution in [0, 0.1) is 0 Å². The molecule has 126 valence electrons. The summed E-state index contributed by atoms with van der Waals surface area (Å²) >= 11 is 1.03. The lowest BCUT2D eigenvalue weighted by Gasteiger charge is -2.20. The molecule has 0 atom stereocenters. The van der Waals surface area contributed by atoms with Crippen molar-refractivity contribution in [1.29, 1.82) is 0 Å². The van der Waals surface area contributed by atoms with E-state index in [1.807, 2.05) is 13.8 Å². The molecule has 2 rings (SSSR count). The summed E-state index contributed by atoms with van der Waals surface area (Å²) < 4.78 is 0.681. The van der Waals surface area contributed by atoms with Crippen LogP contribution in [-0.4, -0.2) is 51.9 Å². The lowest BCUT2D eigenvalue weighted by Crippen LogP contribution is -2.38. The van der Waals surface area contributed by atoms with Crippen LogP contribution < -0.4 is 10.2 Å². The molecule has 23 heavy (non-hydrogen) atoms. The van der Waals surface area contributed by atoms with E-state index in [1.165, 1.54) is 11.0 Å². The Labute approximate surface area is 137 Å². The highest BCUT2D eigenvalue weighted by Gasteiger charge is 2.14. The number of H-pyrrole nitrogens is 1. The zero-order valence-electron chi connectivity index (χ0n) is 13.1. The van der Waals surface area contributed by atoms with Crippen molar-refractivity contribution in [3.8, 4) is 5.75 Å². The molecule has 1 amide bonds. The molecule has 0 spiro atoms. The largest absolute Gasteiger partial charge is 0.506 e. The number of fused-ring (bicyclic) bond motifs is 1. The van der Waals surface area contributed by atoms with E-state index in [0.29, 0.717) is 42.3 Å². The molecular formula is C15H21N3O4S. The first kappa shape index (κ1) is 17.3. The van der Waals surface area contributed by atoms with E-state index in [9.17, 15) is 19.8 Å². The van der Waals surface area contributed by atoms with Crippen LogP contribution in [0.25, 0.3) is 10.2 Å². The monoisotopic (exact) mass is 339 g/mol. The fourth-order valence-electron chi connectivity index (χ4n) is 2.32. The van der Waals surface area contributed by atoms with Gasteiger partial charge in [0, 0.05) is 25.7 Å². The molecule has 0 aliphatic heterocycles. The number of nitrogens with zero attached hydrogens (tertiary/aromatic N) is 1. The van der Waals surface area contributed by atoms with Crippen molar-refractivity contribution in [2.24, 2.45) is 0 Å². The van der Waals surface area contributed by atoms with Crippen molar-refractivity contribution in [3.05, 3.63) is 27.4 Å². The Morgan fingerprint density at radius 1 is 1.39 bits per heavy atom. The van der Waals surface area contributed by atoms with Crippen molar-refractivity contribution >= 4 is 27.6 Å². The van der Waals surface area contributed by atoms with Gasteiger partial charge in [0.25, 0.3) is 0 Å². The first-order chi connectivity index (χ1) is 10.9. The Morgan fingerprint density at radius 2 is 2.13 bits per heavy atom. The fourth-order valence-corrected chi connectivity index (χ4v) is 3.21. The summed E-state index contributed by atoms with van der Waals surface area (Å²) in [6.07, 6.45) is -0.480. The number of hydrogen-bond acceptors (Lipinski definition) is 5. The van der Waals surface area contributed by atoms with E-state index >= 15 is 0 Å². The average Bonchev–Trinajstić information content (AvgIpc) is 2.86. The number of carbonyl (C=O) groups is 1. The van der Waals surface area contributed by atoms with Crippen molar-refractivity contribution < 1.29 is 15.0 Å². The lowest BCUT2D eigenvalue weighted by molar-refractivity contribution is 0.145. The minimum atomic E-state index is -0.965. The molecule has 0 radical (unpaired) electrons. The zero-order chi connectivity index (χ0) is 17.0. The highest BCUT2D eigenvalue weighted by molar-refractivity contribution is 7.16. The maximum Gasteiger partial charge on any atom is 0.407 e. The third kappa shape index (κ3) is 4.46. The number of carboxylic acid groups (broad SMARTS) is 1. The standard InChI is InChI=1S/C15H21N3O4S/c1-9(2)16-6-8-18(15(21)22)7-5-10-3-4-11(19)12-13(10)23-14(20)17-12/h3-4,9,16,19H,5-8H2,1-2H3,(H,17,20)(H,21,22). The van der Waals surface area contributed by atoms with Gasteiger partial charge in [0.05, 0.1) is 4.70 Å². The molecule has 0 unspecified atom stereocenters. The summed E-state index contributed by atoms with van der Waals surface area (Å²) in [5.41, 5.74) is 1.27. The minimum Gasteiger partial charge on any atom is -0.506 e. The van der Waals surface area contributed by atoms with Gasteiger partial charge in [0.2, 0.25) is 0 Å². The van der Waals surface area contributed by atoms with E-state index in [0.717, 1.165) is 16.9 Å². The first-order valence-corrected chi connectivity index (χ1v) is 8.25. The Morgan fingerprint density at radius 3 is 2.78 bits per heavy atom. The Hall–Kier alpha value is -2.06. The minimum absolute atomic E-state index is 0.0262. The maximum atomic E-state index is 11.5. The van der Waals surface area contributed by atoms with E-state index in [4.69, 9.17) is 0 Å².